The standard InChI is InChI=1S/C15H10ClN3O/c16-13-5-3-12(4-6-13)15-9-17-18-19(15)14-7-1-11(10-20)2-8-14/h1-10H. The molecule has 0 unspecified atom stereocenters. The van der Waals surface area contributed by atoms with Gasteiger partial charge in [0, 0.05) is 16.1 Å². The molecule has 0 radical (unpaired) electrons. The topological polar surface area (TPSA) is 47.8 Å². The lowest BCUT2D eigenvalue weighted by Crippen LogP contribution is -1.99. The molecule has 0 fully saturated rings. The van der Waals surface area contributed by atoms with E-state index in [-0.39, 0.29) is 0 Å². The van der Waals surface area contributed by atoms with Gasteiger partial charge < -0.3 is 0 Å². The van der Waals surface area contributed by atoms with E-state index in [4.69, 9.17) is 11.6 Å². The molecule has 98 valence electrons. The summed E-state index contributed by atoms with van der Waals surface area (Å²) in [6, 6.07) is 14.6. The number of halogens is 1. The molecular formula is C15H10ClN3O. The van der Waals surface area contributed by atoms with Gasteiger partial charge in [-0.1, -0.05) is 28.9 Å². The van der Waals surface area contributed by atoms with Crippen molar-refractivity contribution in [2.24, 2.45) is 0 Å². The van der Waals surface area contributed by atoms with Crippen molar-refractivity contribution in [1.29, 1.82) is 0 Å². The Bertz CT molecular complexity index is 733. The molecule has 20 heavy (non-hydrogen) atoms. The summed E-state index contributed by atoms with van der Waals surface area (Å²) in [7, 11) is 0. The number of carbonyl (C=O) groups is 1. The van der Waals surface area contributed by atoms with Crippen LogP contribution in [0.25, 0.3) is 16.9 Å². The molecule has 0 bridgehead atoms. The Labute approximate surface area is 120 Å². The van der Waals surface area contributed by atoms with E-state index in [1.165, 1.54) is 0 Å². The first kappa shape index (κ1) is 12.6. The molecule has 4 nitrogen and oxygen atoms in total. The Balaban J connectivity index is 2.04. The van der Waals surface area contributed by atoms with Crippen LogP contribution in [0.15, 0.2) is 54.7 Å². The summed E-state index contributed by atoms with van der Waals surface area (Å²) >= 11 is 5.89. The van der Waals surface area contributed by atoms with Gasteiger partial charge in [-0.2, -0.15) is 0 Å². The van der Waals surface area contributed by atoms with Crippen LogP contribution in [0, 0.1) is 0 Å². The molecule has 1 aromatic heterocycles. The van der Waals surface area contributed by atoms with Gasteiger partial charge in [-0.15, -0.1) is 5.10 Å². The van der Waals surface area contributed by atoms with Crippen LogP contribution in [0.3, 0.4) is 0 Å². The predicted molar refractivity (Wildman–Crippen MR) is 77.2 cm³/mol. The molecule has 0 N–H and O–H groups in total. The molecule has 0 aliphatic heterocycles. The van der Waals surface area contributed by atoms with Gasteiger partial charge in [0.25, 0.3) is 0 Å². The number of carbonyl (C=O) groups excluding carboxylic acids is 1. The maximum absolute atomic E-state index is 10.7. The normalized spacial score (nSPS) is 10.4. The molecule has 0 saturated carbocycles. The lowest BCUT2D eigenvalue weighted by Gasteiger charge is -2.06. The van der Waals surface area contributed by atoms with E-state index in [1.807, 2.05) is 36.4 Å². The van der Waals surface area contributed by atoms with E-state index in [9.17, 15) is 4.79 Å². The zero-order valence-electron chi connectivity index (χ0n) is 10.4. The zero-order valence-corrected chi connectivity index (χ0v) is 11.2. The van der Waals surface area contributed by atoms with E-state index in [0.717, 1.165) is 23.2 Å². The van der Waals surface area contributed by atoms with E-state index in [2.05, 4.69) is 10.3 Å². The smallest absolute Gasteiger partial charge is 0.150 e. The number of aldehydes is 1. The molecular weight excluding hydrogens is 274 g/mol. The molecule has 0 aliphatic rings. The van der Waals surface area contributed by atoms with Gasteiger partial charge in [-0.3, -0.25) is 4.79 Å². The summed E-state index contributed by atoms with van der Waals surface area (Å²) in [4.78, 5) is 10.7. The highest BCUT2D eigenvalue weighted by Gasteiger charge is 2.08. The lowest BCUT2D eigenvalue weighted by molar-refractivity contribution is 0.112. The Morgan fingerprint density at radius 3 is 2.35 bits per heavy atom. The fourth-order valence-corrected chi connectivity index (χ4v) is 2.06. The minimum Gasteiger partial charge on any atom is -0.298 e. The highest BCUT2D eigenvalue weighted by atomic mass is 35.5. The van der Waals surface area contributed by atoms with Gasteiger partial charge in [0.05, 0.1) is 17.6 Å². The van der Waals surface area contributed by atoms with Gasteiger partial charge in [0.2, 0.25) is 0 Å². The molecule has 5 heteroatoms. The number of hydrogen-bond donors (Lipinski definition) is 0. The first-order valence-corrected chi connectivity index (χ1v) is 6.38. The Morgan fingerprint density at radius 1 is 1.00 bits per heavy atom. The fourth-order valence-electron chi connectivity index (χ4n) is 1.94. The predicted octanol–water partition coefficient (Wildman–Crippen LogP) is 3.40. The molecule has 0 spiro atoms. The van der Waals surface area contributed by atoms with Crippen LogP contribution in [0.1, 0.15) is 10.4 Å². The summed E-state index contributed by atoms with van der Waals surface area (Å²) in [5, 5.41) is 8.72. The third-order valence-corrected chi connectivity index (χ3v) is 3.21. The fraction of sp³-hybridized carbons (Fsp3) is 0. The number of hydrogen-bond acceptors (Lipinski definition) is 3. The third-order valence-electron chi connectivity index (χ3n) is 2.96. The van der Waals surface area contributed by atoms with Crippen LogP contribution in [0.5, 0.6) is 0 Å². The second-order valence-electron chi connectivity index (χ2n) is 4.25. The zero-order chi connectivity index (χ0) is 13.9. The van der Waals surface area contributed by atoms with Crippen LogP contribution in [0.2, 0.25) is 5.02 Å². The van der Waals surface area contributed by atoms with E-state index >= 15 is 0 Å². The molecule has 3 rings (SSSR count). The van der Waals surface area contributed by atoms with Crippen LogP contribution in [-0.4, -0.2) is 21.3 Å². The average molecular weight is 284 g/mol. The van der Waals surface area contributed by atoms with Crippen LogP contribution in [-0.2, 0) is 0 Å². The van der Waals surface area contributed by atoms with Crippen molar-refractivity contribution in [3.8, 4) is 16.9 Å². The summed E-state index contributed by atoms with van der Waals surface area (Å²) in [5.41, 5.74) is 3.30. The summed E-state index contributed by atoms with van der Waals surface area (Å²) < 4.78 is 1.72. The van der Waals surface area contributed by atoms with Crippen molar-refractivity contribution < 1.29 is 4.79 Å². The van der Waals surface area contributed by atoms with E-state index in [1.54, 1.807) is 23.0 Å². The van der Waals surface area contributed by atoms with Crippen LogP contribution < -0.4 is 0 Å². The van der Waals surface area contributed by atoms with Gasteiger partial charge >= 0.3 is 0 Å². The monoisotopic (exact) mass is 283 g/mol. The molecule has 0 atom stereocenters. The van der Waals surface area contributed by atoms with Gasteiger partial charge in [0.1, 0.15) is 6.29 Å². The highest BCUT2D eigenvalue weighted by molar-refractivity contribution is 6.30. The minimum absolute atomic E-state index is 0.627. The SMILES string of the molecule is O=Cc1ccc(-n2nncc2-c2ccc(Cl)cc2)cc1. The second kappa shape index (κ2) is 5.27. The van der Waals surface area contributed by atoms with Gasteiger partial charge in [-0.05, 0) is 36.4 Å². The van der Waals surface area contributed by atoms with Crippen molar-refractivity contribution in [3.63, 3.8) is 0 Å². The minimum atomic E-state index is 0.627. The number of aromatic nitrogens is 3. The van der Waals surface area contributed by atoms with Gasteiger partial charge in [-0.25, -0.2) is 4.68 Å². The van der Waals surface area contributed by atoms with Crippen molar-refractivity contribution >= 4 is 17.9 Å². The average Bonchev–Trinajstić information content (AvgIpc) is 2.97. The summed E-state index contributed by atoms with van der Waals surface area (Å²) in [6.07, 6.45) is 2.50. The largest absolute Gasteiger partial charge is 0.298 e. The second-order valence-corrected chi connectivity index (χ2v) is 4.68. The Kier molecular flexibility index (Phi) is 3.31. The molecule has 0 amide bonds. The first-order chi connectivity index (χ1) is 9.78. The molecule has 1 heterocycles. The maximum atomic E-state index is 10.7. The van der Waals surface area contributed by atoms with Crippen LogP contribution in [0.4, 0.5) is 0 Å². The van der Waals surface area contributed by atoms with Crippen LogP contribution >= 0.6 is 11.6 Å². The third kappa shape index (κ3) is 2.33. The van der Waals surface area contributed by atoms with Crippen molar-refractivity contribution in [2.45, 2.75) is 0 Å². The first-order valence-electron chi connectivity index (χ1n) is 6.00. The number of rotatable bonds is 3. The highest BCUT2D eigenvalue weighted by Crippen LogP contribution is 2.23. The van der Waals surface area contributed by atoms with Crippen molar-refractivity contribution in [3.05, 3.63) is 65.3 Å². The van der Waals surface area contributed by atoms with Crippen molar-refractivity contribution in [2.75, 3.05) is 0 Å². The summed E-state index contributed by atoms with van der Waals surface area (Å²) in [6.45, 7) is 0. The lowest BCUT2D eigenvalue weighted by atomic mass is 10.1. The number of benzene rings is 2. The Hall–Kier alpha value is -2.46. The van der Waals surface area contributed by atoms with E-state index in [0.29, 0.717) is 10.6 Å². The number of nitrogens with zero attached hydrogens (tertiary/aromatic N) is 3. The quantitative estimate of drug-likeness (QED) is 0.692. The maximum Gasteiger partial charge on any atom is 0.150 e. The molecule has 3 aromatic rings. The Morgan fingerprint density at radius 2 is 1.70 bits per heavy atom. The van der Waals surface area contributed by atoms with Crippen molar-refractivity contribution in [1.82, 2.24) is 15.0 Å². The molecule has 0 saturated heterocycles. The van der Waals surface area contributed by atoms with Gasteiger partial charge in [0.15, 0.2) is 0 Å². The molecule has 2 aromatic carbocycles. The van der Waals surface area contributed by atoms with E-state index < -0.39 is 0 Å². The summed E-state index contributed by atoms with van der Waals surface area (Å²) in [5.74, 6) is 0. The molecule has 0 aliphatic carbocycles.